The molecular weight excluding hydrogens is 262 g/mol. The van der Waals surface area contributed by atoms with Gasteiger partial charge in [-0.2, -0.15) is 0 Å². The van der Waals surface area contributed by atoms with E-state index in [-0.39, 0.29) is 12.0 Å². The molecule has 0 fully saturated rings. The van der Waals surface area contributed by atoms with E-state index in [9.17, 15) is 4.79 Å². The summed E-state index contributed by atoms with van der Waals surface area (Å²) in [6.07, 6.45) is 5.62. The fraction of sp³-hybridized carbons (Fsp3) is 0.500. The van der Waals surface area contributed by atoms with Gasteiger partial charge in [0.1, 0.15) is 5.75 Å². The topological polar surface area (TPSA) is 29.5 Å². The van der Waals surface area contributed by atoms with E-state index in [4.69, 9.17) is 4.74 Å². The van der Waals surface area contributed by atoms with Crippen molar-refractivity contribution in [1.29, 1.82) is 0 Å². The average molecular weight is 289 g/mol. The number of rotatable bonds is 8. The van der Waals surface area contributed by atoms with Gasteiger partial charge in [0.15, 0.2) is 0 Å². The Kier molecular flexibility index (Phi) is 7.59. The molecule has 1 aromatic carbocycles. The lowest BCUT2D eigenvalue weighted by molar-refractivity contribution is -0.126. The standard InChI is InChI=1S/C18H27NO2/c1-5-12-19(13-6-2)18(20)11-10-16-8-7-9-17(14-16)21-15(3)4/h7-11,14-15H,5-6,12-13H2,1-4H3/b11-10+. The molecule has 116 valence electrons. The first-order valence-corrected chi connectivity index (χ1v) is 7.80. The zero-order valence-corrected chi connectivity index (χ0v) is 13.6. The number of ether oxygens (including phenoxy) is 1. The number of nitrogens with zero attached hydrogens (tertiary/aromatic N) is 1. The van der Waals surface area contributed by atoms with E-state index in [2.05, 4.69) is 13.8 Å². The van der Waals surface area contributed by atoms with Crippen molar-refractivity contribution < 1.29 is 9.53 Å². The van der Waals surface area contributed by atoms with Crippen LogP contribution < -0.4 is 4.74 Å². The van der Waals surface area contributed by atoms with Gasteiger partial charge < -0.3 is 9.64 Å². The van der Waals surface area contributed by atoms with Crippen LogP contribution in [0, 0.1) is 0 Å². The second-order valence-corrected chi connectivity index (χ2v) is 5.40. The van der Waals surface area contributed by atoms with Gasteiger partial charge in [0.25, 0.3) is 0 Å². The van der Waals surface area contributed by atoms with Crippen molar-refractivity contribution in [2.24, 2.45) is 0 Å². The van der Waals surface area contributed by atoms with Gasteiger partial charge in [-0.25, -0.2) is 0 Å². The van der Waals surface area contributed by atoms with Gasteiger partial charge in [-0.05, 0) is 50.5 Å². The Labute approximate surface area is 128 Å². The van der Waals surface area contributed by atoms with Crippen LogP contribution in [-0.2, 0) is 4.79 Å². The fourth-order valence-corrected chi connectivity index (χ4v) is 2.11. The lowest BCUT2D eigenvalue weighted by Gasteiger charge is -2.19. The highest BCUT2D eigenvalue weighted by molar-refractivity contribution is 5.91. The van der Waals surface area contributed by atoms with E-state index in [1.54, 1.807) is 6.08 Å². The minimum atomic E-state index is 0.0777. The Bertz CT molecular complexity index is 460. The predicted molar refractivity (Wildman–Crippen MR) is 88.4 cm³/mol. The molecule has 3 heteroatoms. The molecule has 1 aromatic rings. The van der Waals surface area contributed by atoms with Gasteiger partial charge in [0, 0.05) is 19.2 Å². The third kappa shape index (κ3) is 6.48. The summed E-state index contributed by atoms with van der Waals surface area (Å²) in [4.78, 5) is 14.1. The summed E-state index contributed by atoms with van der Waals surface area (Å²) in [6, 6.07) is 7.80. The second-order valence-electron chi connectivity index (χ2n) is 5.40. The molecule has 0 saturated heterocycles. The number of carbonyl (C=O) groups is 1. The van der Waals surface area contributed by atoms with Crippen molar-refractivity contribution in [2.45, 2.75) is 46.6 Å². The molecule has 3 nitrogen and oxygen atoms in total. The summed E-state index contributed by atoms with van der Waals surface area (Å²) in [5.74, 6) is 0.910. The number of hydrogen-bond acceptors (Lipinski definition) is 2. The van der Waals surface area contributed by atoms with E-state index < -0.39 is 0 Å². The Morgan fingerprint density at radius 3 is 2.48 bits per heavy atom. The van der Waals surface area contributed by atoms with E-state index in [0.29, 0.717) is 0 Å². The van der Waals surface area contributed by atoms with E-state index in [0.717, 1.165) is 37.2 Å². The first kappa shape index (κ1) is 17.3. The fourth-order valence-electron chi connectivity index (χ4n) is 2.11. The maximum atomic E-state index is 12.2. The van der Waals surface area contributed by atoms with Crippen LogP contribution in [0.25, 0.3) is 6.08 Å². The Balaban J connectivity index is 2.72. The number of hydrogen-bond donors (Lipinski definition) is 0. The zero-order valence-electron chi connectivity index (χ0n) is 13.6. The van der Waals surface area contributed by atoms with Gasteiger partial charge in [-0.3, -0.25) is 4.79 Å². The van der Waals surface area contributed by atoms with Crippen molar-refractivity contribution >= 4 is 12.0 Å². The molecule has 0 atom stereocenters. The SMILES string of the molecule is CCCN(CCC)C(=O)/C=C/c1cccc(OC(C)C)c1. The Hall–Kier alpha value is -1.77. The second kappa shape index (κ2) is 9.22. The van der Waals surface area contributed by atoms with Crippen molar-refractivity contribution in [3.63, 3.8) is 0 Å². The van der Waals surface area contributed by atoms with Crippen LogP contribution >= 0.6 is 0 Å². The molecule has 0 bridgehead atoms. The monoisotopic (exact) mass is 289 g/mol. The van der Waals surface area contributed by atoms with Crippen LogP contribution in [-0.4, -0.2) is 30.0 Å². The minimum Gasteiger partial charge on any atom is -0.491 e. The van der Waals surface area contributed by atoms with E-state index in [1.807, 2.05) is 49.1 Å². The van der Waals surface area contributed by atoms with Crippen LogP contribution in [0.4, 0.5) is 0 Å². The summed E-state index contributed by atoms with van der Waals surface area (Å²) in [5, 5.41) is 0. The molecule has 0 aliphatic rings. The molecule has 0 N–H and O–H groups in total. The Morgan fingerprint density at radius 1 is 1.24 bits per heavy atom. The first-order chi connectivity index (χ1) is 10.1. The van der Waals surface area contributed by atoms with Gasteiger partial charge in [0.2, 0.25) is 5.91 Å². The largest absolute Gasteiger partial charge is 0.491 e. The van der Waals surface area contributed by atoms with Gasteiger partial charge in [-0.15, -0.1) is 0 Å². The smallest absolute Gasteiger partial charge is 0.246 e. The van der Waals surface area contributed by atoms with Crippen LogP contribution in [0.3, 0.4) is 0 Å². The highest BCUT2D eigenvalue weighted by Gasteiger charge is 2.07. The van der Waals surface area contributed by atoms with Gasteiger partial charge >= 0.3 is 0 Å². The maximum absolute atomic E-state index is 12.2. The van der Waals surface area contributed by atoms with Crippen molar-refractivity contribution in [1.82, 2.24) is 4.90 Å². The normalized spacial score (nSPS) is 11.1. The predicted octanol–water partition coefficient (Wildman–Crippen LogP) is 4.14. The molecule has 0 heterocycles. The molecule has 0 aliphatic heterocycles. The molecule has 0 unspecified atom stereocenters. The van der Waals surface area contributed by atoms with Crippen LogP contribution in [0.1, 0.15) is 46.1 Å². The molecule has 21 heavy (non-hydrogen) atoms. The lowest BCUT2D eigenvalue weighted by atomic mass is 10.2. The summed E-state index contributed by atoms with van der Waals surface area (Å²) in [7, 11) is 0. The quantitative estimate of drug-likeness (QED) is 0.673. The maximum Gasteiger partial charge on any atom is 0.246 e. The van der Waals surface area contributed by atoms with E-state index in [1.165, 1.54) is 0 Å². The molecule has 0 spiro atoms. The molecule has 0 aromatic heterocycles. The first-order valence-electron chi connectivity index (χ1n) is 7.80. The molecule has 0 saturated carbocycles. The van der Waals surface area contributed by atoms with Crippen molar-refractivity contribution in [3.8, 4) is 5.75 Å². The van der Waals surface area contributed by atoms with Crippen LogP contribution in [0.15, 0.2) is 30.3 Å². The van der Waals surface area contributed by atoms with Gasteiger partial charge in [-0.1, -0.05) is 26.0 Å². The Morgan fingerprint density at radius 2 is 1.90 bits per heavy atom. The third-order valence-corrected chi connectivity index (χ3v) is 2.95. The third-order valence-electron chi connectivity index (χ3n) is 2.95. The van der Waals surface area contributed by atoms with Crippen molar-refractivity contribution in [2.75, 3.05) is 13.1 Å². The highest BCUT2D eigenvalue weighted by atomic mass is 16.5. The summed E-state index contributed by atoms with van der Waals surface area (Å²) in [6.45, 7) is 9.80. The van der Waals surface area contributed by atoms with Crippen LogP contribution in [0.2, 0.25) is 0 Å². The van der Waals surface area contributed by atoms with E-state index >= 15 is 0 Å². The molecule has 1 amide bonds. The zero-order chi connectivity index (χ0) is 15.7. The summed E-state index contributed by atoms with van der Waals surface area (Å²) in [5.41, 5.74) is 0.981. The number of carbonyl (C=O) groups excluding carboxylic acids is 1. The summed E-state index contributed by atoms with van der Waals surface area (Å²) >= 11 is 0. The molecule has 1 rings (SSSR count). The summed E-state index contributed by atoms with van der Waals surface area (Å²) < 4.78 is 5.66. The lowest BCUT2D eigenvalue weighted by Crippen LogP contribution is -2.30. The van der Waals surface area contributed by atoms with Crippen LogP contribution in [0.5, 0.6) is 5.75 Å². The molecule has 0 aliphatic carbocycles. The van der Waals surface area contributed by atoms with Crippen molar-refractivity contribution in [3.05, 3.63) is 35.9 Å². The molecular formula is C18H27NO2. The molecule has 0 radical (unpaired) electrons. The number of benzene rings is 1. The minimum absolute atomic E-state index is 0.0777. The average Bonchev–Trinajstić information content (AvgIpc) is 2.44. The van der Waals surface area contributed by atoms with Gasteiger partial charge in [0.05, 0.1) is 6.10 Å². The highest BCUT2D eigenvalue weighted by Crippen LogP contribution is 2.16. The number of amides is 1.